The minimum atomic E-state index is -3.91. The molecule has 0 aliphatic heterocycles. The summed E-state index contributed by atoms with van der Waals surface area (Å²) in [4.78, 5) is 11.3. The number of carboxylic acid groups (broad SMARTS) is 1. The summed E-state index contributed by atoms with van der Waals surface area (Å²) < 4.78 is 27.5. The predicted molar refractivity (Wildman–Crippen MR) is 91.0 cm³/mol. The topological polar surface area (TPSA) is 109 Å². The molecule has 2 rings (SSSR count). The average Bonchev–Trinajstić information content (AvgIpc) is 2.53. The minimum Gasteiger partial charge on any atom is -0.480 e. The molecule has 2 atom stereocenters. The molecule has 0 aliphatic rings. The van der Waals surface area contributed by atoms with Crippen LogP contribution < -0.4 is 10.5 Å². The summed E-state index contributed by atoms with van der Waals surface area (Å²) in [7, 11) is -3.91. The first-order chi connectivity index (χ1) is 11.2. The van der Waals surface area contributed by atoms with E-state index < -0.39 is 28.1 Å². The molecule has 0 unspecified atom stereocenters. The molecule has 0 spiro atoms. The normalized spacial score (nSPS) is 14.1. The summed E-state index contributed by atoms with van der Waals surface area (Å²) in [5.74, 6) is -1.29. The second-order valence-electron chi connectivity index (χ2n) is 5.69. The smallest absolute Gasteiger partial charge is 0.322 e. The van der Waals surface area contributed by atoms with Crippen molar-refractivity contribution in [2.45, 2.75) is 30.8 Å². The SMILES string of the molecule is Cc1ccc([C@H](NS(=O)(=O)c2ccc(C)cc2)[C@@H](N)C(=O)O)cc1. The van der Waals surface area contributed by atoms with Gasteiger partial charge in [0, 0.05) is 0 Å². The number of sulfonamides is 1. The molecule has 128 valence electrons. The van der Waals surface area contributed by atoms with Crippen LogP contribution in [0, 0.1) is 13.8 Å². The summed E-state index contributed by atoms with van der Waals surface area (Å²) in [6.45, 7) is 3.73. The summed E-state index contributed by atoms with van der Waals surface area (Å²) >= 11 is 0. The van der Waals surface area contributed by atoms with Gasteiger partial charge in [-0.3, -0.25) is 4.79 Å². The van der Waals surface area contributed by atoms with Gasteiger partial charge in [0.05, 0.1) is 10.9 Å². The number of rotatable bonds is 6. The van der Waals surface area contributed by atoms with Crippen molar-refractivity contribution in [1.82, 2.24) is 4.72 Å². The number of benzene rings is 2. The Bertz CT molecular complexity index is 815. The fourth-order valence-corrected chi connectivity index (χ4v) is 3.47. The van der Waals surface area contributed by atoms with Crippen molar-refractivity contribution in [1.29, 1.82) is 0 Å². The van der Waals surface area contributed by atoms with Crippen LogP contribution in [0.4, 0.5) is 0 Å². The van der Waals surface area contributed by atoms with Gasteiger partial charge in [0.2, 0.25) is 10.0 Å². The van der Waals surface area contributed by atoms with E-state index in [2.05, 4.69) is 4.72 Å². The highest BCUT2D eigenvalue weighted by atomic mass is 32.2. The molecule has 0 amide bonds. The lowest BCUT2D eigenvalue weighted by molar-refractivity contribution is -0.139. The van der Waals surface area contributed by atoms with E-state index in [0.717, 1.165) is 11.1 Å². The molecule has 0 aliphatic carbocycles. The summed E-state index contributed by atoms with van der Waals surface area (Å²) in [6, 6.07) is 10.7. The van der Waals surface area contributed by atoms with Crippen molar-refractivity contribution >= 4 is 16.0 Å². The van der Waals surface area contributed by atoms with Crippen molar-refractivity contribution in [3.63, 3.8) is 0 Å². The van der Waals surface area contributed by atoms with Crippen LogP contribution in [-0.4, -0.2) is 25.5 Å². The van der Waals surface area contributed by atoms with Crippen LogP contribution >= 0.6 is 0 Å². The molecule has 0 heterocycles. The molecule has 0 saturated heterocycles. The molecule has 2 aromatic carbocycles. The first kappa shape index (κ1) is 18.1. The Hall–Kier alpha value is -2.22. The maximum Gasteiger partial charge on any atom is 0.322 e. The summed E-state index contributed by atoms with van der Waals surface area (Å²) in [5.41, 5.74) is 8.10. The van der Waals surface area contributed by atoms with E-state index in [1.54, 1.807) is 36.4 Å². The number of carbonyl (C=O) groups is 1. The molecule has 7 heteroatoms. The number of carboxylic acids is 1. The van der Waals surface area contributed by atoms with Gasteiger partial charge in [0.15, 0.2) is 0 Å². The van der Waals surface area contributed by atoms with Gasteiger partial charge in [-0.15, -0.1) is 0 Å². The fourth-order valence-electron chi connectivity index (χ4n) is 2.22. The van der Waals surface area contributed by atoms with E-state index >= 15 is 0 Å². The maximum atomic E-state index is 12.6. The predicted octanol–water partition coefficient (Wildman–Crippen LogP) is 1.73. The third kappa shape index (κ3) is 4.19. The zero-order valence-electron chi connectivity index (χ0n) is 13.4. The standard InChI is InChI=1S/C17H20N2O4S/c1-11-3-7-13(8-4-11)16(15(18)17(20)21)19-24(22,23)14-9-5-12(2)6-10-14/h3-10,15-16,19H,18H2,1-2H3,(H,20,21)/t15-,16+/m1/s1. The van der Waals surface area contributed by atoms with E-state index in [1.807, 2.05) is 13.8 Å². The molecule has 2 aromatic rings. The third-order valence-electron chi connectivity index (χ3n) is 3.69. The van der Waals surface area contributed by atoms with Gasteiger partial charge in [0.1, 0.15) is 6.04 Å². The minimum absolute atomic E-state index is 0.0581. The van der Waals surface area contributed by atoms with Crippen LogP contribution in [0.15, 0.2) is 53.4 Å². The van der Waals surface area contributed by atoms with Crippen LogP contribution in [-0.2, 0) is 14.8 Å². The van der Waals surface area contributed by atoms with Crippen LogP contribution in [0.25, 0.3) is 0 Å². The van der Waals surface area contributed by atoms with Crippen molar-refractivity contribution in [2.24, 2.45) is 5.73 Å². The highest BCUT2D eigenvalue weighted by molar-refractivity contribution is 7.89. The molecular formula is C17H20N2O4S. The van der Waals surface area contributed by atoms with Crippen LogP contribution in [0.3, 0.4) is 0 Å². The second kappa shape index (κ2) is 7.12. The highest BCUT2D eigenvalue weighted by Gasteiger charge is 2.30. The molecule has 0 bridgehead atoms. The number of hydrogen-bond donors (Lipinski definition) is 3. The lowest BCUT2D eigenvalue weighted by atomic mass is 10.00. The number of nitrogens with two attached hydrogens (primary N) is 1. The molecular weight excluding hydrogens is 328 g/mol. The van der Waals surface area contributed by atoms with E-state index in [0.29, 0.717) is 5.56 Å². The Morgan fingerprint density at radius 3 is 1.92 bits per heavy atom. The van der Waals surface area contributed by atoms with Crippen molar-refractivity contribution < 1.29 is 18.3 Å². The fraction of sp³-hybridized carbons (Fsp3) is 0.235. The van der Waals surface area contributed by atoms with E-state index in [4.69, 9.17) is 5.73 Å². The molecule has 0 saturated carbocycles. The Morgan fingerprint density at radius 2 is 1.46 bits per heavy atom. The van der Waals surface area contributed by atoms with Crippen molar-refractivity contribution in [3.8, 4) is 0 Å². The monoisotopic (exact) mass is 348 g/mol. The quantitative estimate of drug-likeness (QED) is 0.736. The van der Waals surface area contributed by atoms with E-state index in [-0.39, 0.29) is 4.90 Å². The zero-order valence-corrected chi connectivity index (χ0v) is 14.2. The largest absolute Gasteiger partial charge is 0.480 e. The molecule has 0 fully saturated rings. The molecule has 4 N–H and O–H groups in total. The average molecular weight is 348 g/mol. The highest BCUT2D eigenvalue weighted by Crippen LogP contribution is 2.21. The van der Waals surface area contributed by atoms with E-state index in [9.17, 15) is 18.3 Å². The summed E-state index contributed by atoms with van der Waals surface area (Å²) in [5, 5.41) is 9.21. The Balaban J connectivity index is 2.39. The number of nitrogens with one attached hydrogen (secondary N) is 1. The van der Waals surface area contributed by atoms with Gasteiger partial charge < -0.3 is 10.8 Å². The zero-order chi connectivity index (χ0) is 17.9. The van der Waals surface area contributed by atoms with Crippen molar-refractivity contribution in [3.05, 3.63) is 65.2 Å². The molecule has 24 heavy (non-hydrogen) atoms. The van der Waals surface area contributed by atoms with Gasteiger partial charge in [-0.1, -0.05) is 47.5 Å². The number of aliphatic carboxylic acids is 1. The number of aryl methyl sites for hydroxylation is 2. The summed E-state index contributed by atoms with van der Waals surface area (Å²) in [6.07, 6.45) is 0. The Kier molecular flexibility index (Phi) is 5.38. The van der Waals surface area contributed by atoms with Crippen LogP contribution in [0.2, 0.25) is 0 Å². The molecule has 6 nitrogen and oxygen atoms in total. The third-order valence-corrected chi connectivity index (χ3v) is 5.15. The second-order valence-corrected chi connectivity index (χ2v) is 7.40. The lowest BCUT2D eigenvalue weighted by Crippen LogP contribution is -2.45. The first-order valence-corrected chi connectivity index (χ1v) is 8.83. The number of hydrogen-bond acceptors (Lipinski definition) is 4. The van der Waals surface area contributed by atoms with Gasteiger partial charge in [0.25, 0.3) is 0 Å². The Morgan fingerprint density at radius 1 is 1.00 bits per heavy atom. The van der Waals surface area contributed by atoms with Gasteiger partial charge in [-0.2, -0.15) is 0 Å². The molecule has 0 aromatic heterocycles. The van der Waals surface area contributed by atoms with Gasteiger partial charge in [-0.25, -0.2) is 13.1 Å². The van der Waals surface area contributed by atoms with Gasteiger partial charge >= 0.3 is 5.97 Å². The lowest BCUT2D eigenvalue weighted by Gasteiger charge is -2.23. The van der Waals surface area contributed by atoms with Gasteiger partial charge in [-0.05, 0) is 31.5 Å². The van der Waals surface area contributed by atoms with E-state index in [1.165, 1.54) is 12.1 Å². The molecule has 0 radical (unpaired) electrons. The Labute approximate surface area is 141 Å². The first-order valence-electron chi connectivity index (χ1n) is 7.34. The van der Waals surface area contributed by atoms with Crippen molar-refractivity contribution in [2.75, 3.05) is 0 Å². The maximum absolute atomic E-state index is 12.6. The van der Waals surface area contributed by atoms with Crippen LogP contribution in [0.5, 0.6) is 0 Å². The van der Waals surface area contributed by atoms with Crippen LogP contribution in [0.1, 0.15) is 22.7 Å².